The normalized spacial score (nSPS) is 10.9. The second-order valence-electron chi connectivity index (χ2n) is 3.71. The fraction of sp³-hybridized carbons (Fsp3) is 0.0769. The molecule has 0 saturated carbocycles. The Hall–Kier alpha value is -2.36. The molecule has 0 bridgehead atoms. The van der Waals surface area contributed by atoms with E-state index < -0.39 is 0 Å². The number of nitrogens with zero attached hydrogens (tertiary/aromatic N) is 2. The highest BCUT2D eigenvalue weighted by Crippen LogP contribution is 2.31. The van der Waals surface area contributed by atoms with Crippen molar-refractivity contribution in [3.63, 3.8) is 0 Å². The number of hydrogen-bond acceptors (Lipinski definition) is 4. The maximum absolute atomic E-state index is 9.50. The van der Waals surface area contributed by atoms with Crippen molar-refractivity contribution in [3.8, 4) is 11.5 Å². The minimum Gasteiger partial charge on any atom is -0.508 e. The van der Waals surface area contributed by atoms with Gasteiger partial charge in [0.2, 0.25) is 0 Å². The molecule has 4 heteroatoms. The molecular formula is C13H12N2O2. The molecule has 2 N–H and O–H groups in total. The van der Waals surface area contributed by atoms with Crippen LogP contribution in [-0.2, 0) is 0 Å². The van der Waals surface area contributed by atoms with E-state index in [0.717, 1.165) is 5.56 Å². The summed E-state index contributed by atoms with van der Waals surface area (Å²) in [6.07, 6.45) is 0. The zero-order valence-corrected chi connectivity index (χ0v) is 9.33. The lowest BCUT2D eigenvalue weighted by Gasteiger charge is -1.98. The third-order valence-electron chi connectivity index (χ3n) is 2.27. The van der Waals surface area contributed by atoms with Crippen LogP contribution in [-0.4, -0.2) is 10.2 Å². The average molecular weight is 228 g/mol. The number of phenolic OH excluding ortho intramolecular Hbond substituents is 2. The summed E-state index contributed by atoms with van der Waals surface area (Å²) in [5, 5.41) is 26.5. The lowest BCUT2D eigenvalue weighted by atomic mass is 10.2. The molecule has 17 heavy (non-hydrogen) atoms. The molecule has 2 aromatic rings. The molecule has 86 valence electrons. The van der Waals surface area contributed by atoms with E-state index in [1.165, 1.54) is 18.2 Å². The van der Waals surface area contributed by atoms with Crippen molar-refractivity contribution in [3.05, 3.63) is 48.0 Å². The predicted molar refractivity (Wildman–Crippen MR) is 65.1 cm³/mol. The first kappa shape index (κ1) is 11.1. The van der Waals surface area contributed by atoms with Gasteiger partial charge in [-0.3, -0.25) is 0 Å². The number of hydrogen-bond donors (Lipinski definition) is 2. The fourth-order valence-electron chi connectivity index (χ4n) is 1.32. The number of azo groups is 1. The van der Waals surface area contributed by atoms with Gasteiger partial charge in [0, 0.05) is 6.07 Å². The van der Waals surface area contributed by atoms with Gasteiger partial charge in [-0.15, -0.1) is 5.11 Å². The highest BCUT2D eigenvalue weighted by Gasteiger charge is 2.00. The first-order valence-corrected chi connectivity index (χ1v) is 5.15. The molecule has 2 rings (SSSR count). The van der Waals surface area contributed by atoms with Crippen LogP contribution in [0.3, 0.4) is 0 Å². The van der Waals surface area contributed by atoms with Crippen molar-refractivity contribution >= 4 is 11.4 Å². The van der Waals surface area contributed by atoms with Crippen molar-refractivity contribution in [1.82, 2.24) is 0 Å². The maximum atomic E-state index is 9.50. The van der Waals surface area contributed by atoms with E-state index in [2.05, 4.69) is 10.2 Å². The van der Waals surface area contributed by atoms with E-state index in [-0.39, 0.29) is 11.5 Å². The van der Waals surface area contributed by atoms with Crippen molar-refractivity contribution in [2.45, 2.75) is 6.92 Å². The molecule has 0 fully saturated rings. The Morgan fingerprint density at radius 2 is 1.59 bits per heavy atom. The van der Waals surface area contributed by atoms with Crippen LogP contribution in [0.4, 0.5) is 11.4 Å². The van der Waals surface area contributed by atoms with Crippen LogP contribution in [0.15, 0.2) is 52.7 Å². The Balaban J connectivity index is 2.23. The van der Waals surface area contributed by atoms with Crippen LogP contribution >= 0.6 is 0 Å². The molecule has 0 unspecified atom stereocenters. The third kappa shape index (κ3) is 2.81. The summed E-state index contributed by atoms with van der Waals surface area (Å²) < 4.78 is 0. The Bertz CT molecular complexity index is 548. The maximum Gasteiger partial charge on any atom is 0.146 e. The molecule has 0 amide bonds. The fourth-order valence-corrected chi connectivity index (χ4v) is 1.32. The van der Waals surface area contributed by atoms with Gasteiger partial charge in [-0.2, -0.15) is 5.11 Å². The van der Waals surface area contributed by atoms with E-state index in [1.54, 1.807) is 0 Å². The van der Waals surface area contributed by atoms with E-state index in [0.29, 0.717) is 11.4 Å². The topological polar surface area (TPSA) is 65.2 Å². The Labute approximate surface area is 98.9 Å². The Morgan fingerprint density at radius 3 is 2.24 bits per heavy atom. The predicted octanol–water partition coefficient (Wildman–Crippen LogP) is 3.82. The zero-order chi connectivity index (χ0) is 12.3. The minimum atomic E-state index is -0.0964. The van der Waals surface area contributed by atoms with Crippen LogP contribution in [0.2, 0.25) is 0 Å². The Kier molecular flexibility index (Phi) is 3.05. The number of aryl methyl sites for hydroxylation is 1. The van der Waals surface area contributed by atoms with Crippen molar-refractivity contribution < 1.29 is 10.2 Å². The first-order valence-electron chi connectivity index (χ1n) is 5.15. The number of phenols is 2. The smallest absolute Gasteiger partial charge is 0.146 e. The molecule has 0 aliphatic heterocycles. The van der Waals surface area contributed by atoms with E-state index >= 15 is 0 Å². The lowest BCUT2D eigenvalue weighted by molar-refractivity contribution is 0.451. The van der Waals surface area contributed by atoms with Crippen LogP contribution in [0.25, 0.3) is 0 Å². The zero-order valence-electron chi connectivity index (χ0n) is 9.33. The first-order chi connectivity index (χ1) is 8.15. The van der Waals surface area contributed by atoms with Crippen molar-refractivity contribution in [2.24, 2.45) is 10.2 Å². The average Bonchev–Trinajstić information content (AvgIpc) is 2.30. The highest BCUT2D eigenvalue weighted by atomic mass is 16.3. The van der Waals surface area contributed by atoms with E-state index in [9.17, 15) is 5.11 Å². The van der Waals surface area contributed by atoms with Crippen LogP contribution < -0.4 is 0 Å². The summed E-state index contributed by atoms with van der Waals surface area (Å²) in [7, 11) is 0. The standard InChI is InChI=1S/C13H12N2O2/c1-9-2-4-10(5-3-9)14-15-12-7-6-11(16)8-13(12)17/h2-8,16-17H,1H3. The highest BCUT2D eigenvalue weighted by molar-refractivity contribution is 5.53. The van der Waals surface area contributed by atoms with Gasteiger partial charge in [-0.05, 0) is 31.2 Å². The summed E-state index contributed by atoms with van der Waals surface area (Å²) in [6.45, 7) is 1.99. The molecule has 4 nitrogen and oxygen atoms in total. The second kappa shape index (κ2) is 4.65. The van der Waals surface area contributed by atoms with Crippen LogP contribution in [0.1, 0.15) is 5.56 Å². The van der Waals surface area contributed by atoms with Gasteiger partial charge in [0.25, 0.3) is 0 Å². The summed E-state index contributed by atoms with van der Waals surface area (Å²) in [4.78, 5) is 0. The van der Waals surface area contributed by atoms with Crippen molar-refractivity contribution in [2.75, 3.05) is 0 Å². The minimum absolute atomic E-state index is 0.00298. The van der Waals surface area contributed by atoms with E-state index in [4.69, 9.17) is 5.11 Å². The SMILES string of the molecule is Cc1ccc(N=Nc2ccc(O)cc2O)cc1. The molecule has 0 spiro atoms. The number of rotatable bonds is 2. The van der Waals surface area contributed by atoms with Gasteiger partial charge < -0.3 is 10.2 Å². The lowest BCUT2D eigenvalue weighted by Crippen LogP contribution is -1.70. The van der Waals surface area contributed by atoms with Crippen LogP contribution in [0, 0.1) is 6.92 Å². The van der Waals surface area contributed by atoms with Gasteiger partial charge in [0.05, 0.1) is 5.69 Å². The summed E-state index contributed by atoms with van der Waals surface area (Å²) >= 11 is 0. The van der Waals surface area contributed by atoms with Crippen LogP contribution in [0.5, 0.6) is 11.5 Å². The third-order valence-corrected chi connectivity index (χ3v) is 2.27. The van der Waals surface area contributed by atoms with Gasteiger partial charge in [0.1, 0.15) is 17.2 Å². The summed E-state index contributed by atoms with van der Waals surface area (Å²) in [5.74, 6) is -0.0994. The second-order valence-corrected chi connectivity index (χ2v) is 3.71. The van der Waals surface area contributed by atoms with Gasteiger partial charge >= 0.3 is 0 Å². The monoisotopic (exact) mass is 228 g/mol. The molecule has 0 aliphatic rings. The molecular weight excluding hydrogens is 216 g/mol. The largest absolute Gasteiger partial charge is 0.508 e. The molecule has 0 heterocycles. The number of benzene rings is 2. The molecule has 0 saturated heterocycles. The summed E-state index contributed by atoms with van der Waals surface area (Å²) in [5.41, 5.74) is 2.18. The molecule has 0 aliphatic carbocycles. The molecule has 2 aromatic carbocycles. The van der Waals surface area contributed by atoms with Gasteiger partial charge in [-0.1, -0.05) is 17.7 Å². The molecule has 0 atom stereocenters. The molecule has 0 radical (unpaired) electrons. The molecule has 0 aromatic heterocycles. The summed E-state index contributed by atoms with van der Waals surface area (Å²) in [6, 6.07) is 11.7. The van der Waals surface area contributed by atoms with E-state index in [1.807, 2.05) is 31.2 Å². The Morgan fingerprint density at radius 1 is 0.882 bits per heavy atom. The quantitative estimate of drug-likeness (QED) is 0.767. The van der Waals surface area contributed by atoms with Crippen molar-refractivity contribution in [1.29, 1.82) is 0 Å². The van der Waals surface area contributed by atoms with Gasteiger partial charge in [-0.25, -0.2) is 0 Å². The number of aromatic hydroxyl groups is 2. The van der Waals surface area contributed by atoms with Gasteiger partial charge in [0.15, 0.2) is 0 Å².